The highest BCUT2D eigenvalue weighted by Gasteiger charge is 2.19. The van der Waals surface area contributed by atoms with Gasteiger partial charge in [-0.25, -0.2) is 14.6 Å². The average molecular weight is 307 g/mol. The van der Waals surface area contributed by atoms with Gasteiger partial charge in [0.25, 0.3) is 0 Å². The van der Waals surface area contributed by atoms with Crippen molar-refractivity contribution in [2.45, 2.75) is 33.4 Å². The number of nitrogens with zero attached hydrogens (tertiary/aromatic N) is 6. The zero-order valence-electron chi connectivity index (χ0n) is 12.5. The Morgan fingerprint density at radius 3 is 2.71 bits per heavy atom. The van der Waals surface area contributed by atoms with E-state index in [0.717, 1.165) is 41.5 Å². The molecule has 0 aliphatic heterocycles. The van der Waals surface area contributed by atoms with E-state index in [-0.39, 0.29) is 0 Å². The molecule has 21 heavy (non-hydrogen) atoms. The Balaban J connectivity index is 2.17. The van der Waals surface area contributed by atoms with Crippen LogP contribution in [0.15, 0.2) is 12.4 Å². The highest BCUT2D eigenvalue weighted by molar-refractivity contribution is 6.17. The second-order valence-electron chi connectivity index (χ2n) is 5.08. The van der Waals surface area contributed by atoms with Crippen LogP contribution in [0.2, 0.25) is 0 Å². The van der Waals surface area contributed by atoms with Crippen molar-refractivity contribution in [2.24, 2.45) is 7.05 Å². The fraction of sp³-hybridized carbons (Fsp3) is 0.500. The number of aryl methyl sites for hydroxylation is 4. The van der Waals surface area contributed by atoms with Crippen molar-refractivity contribution in [1.82, 2.24) is 28.9 Å². The Kier molecular flexibility index (Phi) is 3.71. The molecule has 112 valence electrons. The first-order valence-electron chi connectivity index (χ1n) is 7.10. The molecule has 3 rings (SSSR count). The van der Waals surface area contributed by atoms with Crippen molar-refractivity contribution >= 4 is 22.8 Å². The summed E-state index contributed by atoms with van der Waals surface area (Å²) in [4.78, 5) is 9.15. The highest BCUT2D eigenvalue weighted by atomic mass is 35.5. The Morgan fingerprint density at radius 2 is 2.10 bits per heavy atom. The van der Waals surface area contributed by atoms with Crippen LogP contribution >= 0.6 is 11.6 Å². The second kappa shape index (κ2) is 5.52. The van der Waals surface area contributed by atoms with Crippen LogP contribution in [0.4, 0.5) is 0 Å². The lowest BCUT2D eigenvalue weighted by atomic mass is 10.4. The minimum absolute atomic E-state index is 0.554. The number of fused-ring (bicyclic) bond motifs is 1. The quantitative estimate of drug-likeness (QED) is 0.679. The number of aromatic nitrogens is 6. The topological polar surface area (TPSA) is 53.5 Å². The van der Waals surface area contributed by atoms with Crippen molar-refractivity contribution in [1.29, 1.82) is 0 Å². The third kappa shape index (κ3) is 2.33. The molecule has 6 nitrogen and oxygen atoms in total. The summed E-state index contributed by atoms with van der Waals surface area (Å²) in [6.45, 7) is 5.58. The monoisotopic (exact) mass is 306 g/mol. The minimum atomic E-state index is 0.554. The maximum Gasteiger partial charge on any atom is 0.159 e. The fourth-order valence-corrected chi connectivity index (χ4v) is 2.79. The van der Waals surface area contributed by atoms with Gasteiger partial charge in [0, 0.05) is 38.3 Å². The number of alkyl halides is 1. The second-order valence-corrected chi connectivity index (χ2v) is 5.46. The first kappa shape index (κ1) is 14.1. The molecule has 0 aromatic carbocycles. The first-order valence-corrected chi connectivity index (χ1v) is 7.63. The molecule has 0 spiro atoms. The van der Waals surface area contributed by atoms with E-state index < -0.39 is 0 Å². The predicted octanol–water partition coefficient (Wildman–Crippen LogP) is 2.12. The molecule has 0 aliphatic rings. The largest absolute Gasteiger partial charge is 0.337 e. The van der Waals surface area contributed by atoms with Crippen LogP contribution in [0.25, 0.3) is 11.2 Å². The van der Waals surface area contributed by atoms with Gasteiger partial charge < -0.3 is 9.13 Å². The molecule has 0 atom stereocenters. The van der Waals surface area contributed by atoms with Gasteiger partial charge in [0.05, 0.1) is 12.2 Å². The number of rotatable bonds is 5. The molecule has 0 fully saturated rings. The molecule has 0 saturated heterocycles. The molecule has 0 bridgehead atoms. The van der Waals surface area contributed by atoms with Crippen LogP contribution < -0.4 is 0 Å². The van der Waals surface area contributed by atoms with Crippen LogP contribution in [0.1, 0.15) is 24.3 Å². The molecule has 0 saturated carbocycles. The van der Waals surface area contributed by atoms with Crippen LogP contribution in [-0.4, -0.2) is 34.8 Å². The summed E-state index contributed by atoms with van der Waals surface area (Å²) in [5.41, 5.74) is 2.98. The van der Waals surface area contributed by atoms with Gasteiger partial charge in [0.2, 0.25) is 0 Å². The molecule has 3 aromatic rings. The normalized spacial score (nSPS) is 11.6. The van der Waals surface area contributed by atoms with Gasteiger partial charge in [0.1, 0.15) is 17.2 Å². The van der Waals surface area contributed by atoms with E-state index in [2.05, 4.69) is 21.6 Å². The third-order valence-electron chi connectivity index (χ3n) is 3.72. The Morgan fingerprint density at radius 1 is 1.29 bits per heavy atom. The number of hydrogen-bond donors (Lipinski definition) is 0. The van der Waals surface area contributed by atoms with Crippen molar-refractivity contribution in [3.8, 4) is 0 Å². The first-order chi connectivity index (χ1) is 10.2. The van der Waals surface area contributed by atoms with Crippen LogP contribution in [0.5, 0.6) is 0 Å². The lowest BCUT2D eigenvalue weighted by Gasteiger charge is -2.10. The molecule has 0 radical (unpaired) electrons. The van der Waals surface area contributed by atoms with Gasteiger partial charge >= 0.3 is 0 Å². The predicted molar refractivity (Wildman–Crippen MR) is 82.7 cm³/mol. The summed E-state index contributed by atoms with van der Waals surface area (Å²) in [6, 6.07) is 0. The zero-order valence-corrected chi connectivity index (χ0v) is 13.3. The molecule has 0 aliphatic carbocycles. The third-order valence-corrected chi connectivity index (χ3v) is 3.90. The maximum absolute atomic E-state index is 5.93. The molecule has 0 N–H and O–H groups in total. The maximum atomic E-state index is 5.93. The van der Waals surface area contributed by atoms with Crippen molar-refractivity contribution in [3.63, 3.8) is 0 Å². The van der Waals surface area contributed by atoms with Crippen LogP contribution in [0, 0.1) is 6.92 Å². The summed E-state index contributed by atoms with van der Waals surface area (Å²) in [5.74, 6) is 2.54. The standard InChI is InChI=1S/C14H19ClN6/c1-4-21-14-13(10(2)18-21)17-11(5-6-15)20(14)9-12-16-7-8-19(12)3/h7-8H,4-6,9H2,1-3H3. The van der Waals surface area contributed by atoms with E-state index in [4.69, 9.17) is 16.6 Å². The van der Waals surface area contributed by atoms with Gasteiger partial charge in [-0.15, -0.1) is 11.6 Å². The fourth-order valence-electron chi connectivity index (χ4n) is 2.62. The SMILES string of the molecule is CCn1nc(C)c2nc(CCCl)n(Cc3nccn3C)c21. The molecule has 0 unspecified atom stereocenters. The summed E-state index contributed by atoms with van der Waals surface area (Å²) in [6.07, 6.45) is 4.50. The number of halogens is 1. The van der Waals surface area contributed by atoms with Gasteiger partial charge in [0.15, 0.2) is 5.65 Å². The highest BCUT2D eigenvalue weighted by Crippen LogP contribution is 2.21. The van der Waals surface area contributed by atoms with Gasteiger partial charge in [-0.3, -0.25) is 0 Å². The molecular weight excluding hydrogens is 288 g/mol. The minimum Gasteiger partial charge on any atom is -0.337 e. The van der Waals surface area contributed by atoms with E-state index in [1.807, 2.05) is 35.6 Å². The van der Waals surface area contributed by atoms with Crippen LogP contribution in [-0.2, 0) is 26.6 Å². The van der Waals surface area contributed by atoms with E-state index in [9.17, 15) is 0 Å². The molecule has 7 heteroatoms. The number of hydrogen-bond acceptors (Lipinski definition) is 3. The molecule has 3 aromatic heterocycles. The average Bonchev–Trinajstić information content (AvgIpc) is 3.10. The number of imidazole rings is 2. The summed E-state index contributed by atoms with van der Waals surface area (Å²) < 4.78 is 6.21. The van der Waals surface area contributed by atoms with Gasteiger partial charge in [-0.05, 0) is 13.8 Å². The van der Waals surface area contributed by atoms with E-state index >= 15 is 0 Å². The Labute approximate surface area is 128 Å². The van der Waals surface area contributed by atoms with E-state index in [1.165, 1.54) is 0 Å². The summed E-state index contributed by atoms with van der Waals surface area (Å²) in [7, 11) is 2.00. The molecule has 3 heterocycles. The van der Waals surface area contributed by atoms with Gasteiger partial charge in [-0.2, -0.15) is 5.10 Å². The zero-order chi connectivity index (χ0) is 15.0. The molecular formula is C14H19ClN6. The Hall–Kier alpha value is -1.82. The summed E-state index contributed by atoms with van der Waals surface area (Å²) >= 11 is 5.93. The molecule has 0 amide bonds. The van der Waals surface area contributed by atoms with Crippen molar-refractivity contribution < 1.29 is 0 Å². The Bertz CT molecular complexity index is 766. The lowest BCUT2D eigenvalue weighted by Crippen LogP contribution is -2.12. The summed E-state index contributed by atoms with van der Waals surface area (Å²) in [5, 5.41) is 4.55. The lowest BCUT2D eigenvalue weighted by molar-refractivity contribution is 0.619. The van der Waals surface area contributed by atoms with E-state index in [1.54, 1.807) is 0 Å². The van der Waals surface area contributed by atoms with Crippen molar-refractivity contribution in [2.75, 3.05) is 5.88 Å². The van der Waals surface area contributed by atoms with Crippen molar-refractivity contribution in [3.05, 3.63) is 29.7 Å². The smallest absolute Gasteiger partial charge is 0.159 e. The van der Waals surface area contributed by atoms with E-state index in [0.29, 0.717) is 12.4 Å². The van der Waals surface area contributed by atoms with Gasteiger partial charge in [-0.1, -0.05) is 0 Å². The van der Waals surface area contributed by atoms with Crippen LogP contribution in [0.3, 0.4) is 0 Å².